The van der Waals surface area contributed by atoms with Crippen LogP contribution < -0.4 is 11.3 Å². The first kappa shape index (κ1) is 11.3. The van der Waals surface area contributed by atoms with Crippen molar-refractivity contribution in [1.82, 2.24) is 15.4 Å². The van der Waals surface area contributed by atoms with Crippen molar-refractivity contribution in [2.45, 2.75) is 19.9 Å². The predicted molar refractivity (Wildman–Crippen MR) is 59.2 cm³/mol. The van der Waals surface area contributed by atoms with E-state index in [0.29, 0.717) is 0 Å². The van der Waals surface area contributed by atoms with Gasteiger partial charge in [-0.1, -0.05) is 11.6 Å². The zero-order valence-corrected chi connectivity index (χ0v) is 9.75. The van der Waals surface area contributed by atoms with E-state index in [1.807, 2.05) is 19.9 Å². The maximum absolute atomic E-state index is 5.45. The van der Waals surface area contributed by atoms with Crippen LogP contribution in [0.4, 0.5) is 0 Å². The molecule has 1 heterocycles. The summed E-state index contributed by atoms with van der Waals surface area (Å²) in [5.74, 6) is 5.45. The third-order valence-electron chi connectivity index (χ3n) is 1.67. The zero-order valence-electron chi connectivity index (χ0n) is 8.16. The second kappa shape index (κ2) is 5.19. The van der Waals surface area contributed by atoms with Gasteiger partial charge in [-0.25, -0.2) is 15.4 Å². The fraction of sp³-hybridized carbons (Fsp3) is 0.333. The van der Waals surface area contributed by atoms with Gasteiger partial charge in [0.1, 0.15) is 6.33 Å². The van der Waals surface area contributed by atoms with Crippen LogP contribution in [-0.2, 0) is 0 Å². The highest BCUT2D eigenvalue weighted by atomic mass is 79.9. The molecule has 0 saturated carbocycles. The Labute approximate surface area is 91.7 Å². The summed E-state index contributed by atoms with van der Waals surface area (Å²) in [5, 5.41) is 0. The van der Waals surface area contributed by atoms with Crippen molar-refractivity contribution in [2.24, 2.45) is 5.84 Å². The molecule has 3 N–H and O–H groups in total. The normalized spacial score (nSPS) is 12.3. The smallest absolute Gasteiger partial charge is 0.115 e. The van der Waals surface area contributed by atoms with Crippen LogP contribution >= 0.6 is 15.9 Å². The third kappa shape index (κ3) is 2.87. The van der Waals surface area contributed by atoms with Gasteiger partial charge in [-0.2, -0.15) is 0 Å². The molecule has 0 fully saturated rings. The third-order valence-corrected chi connectivity index (χ3v) is 2.28. The molecule has 1 aromatic heterocycles. The lowest BCUT2D eigenvalue weighted by molar-refractivity contribution is 0.630. The standard InChI is InChI=1S/C9H13BrN4/c1-6(2)3-8(14-11)9-7(10)4-12-5-13-9/h3-5,8,14H,11H2,1-2H3. The molecule has 76 valence electrons. The van der Waals surface area contributed by atoms with Gasteiger partial charge in [-0.15, -0.1) is 0 Å². The molecule has 0 aliphatic rings. The van der Waals surface area contributed by atoms with Crippen molar-refractivity contribution in [2.75, 3.05) is 0 Å². The Morgan fingerprint density at radius 3 is 2.86 bits per heavy atom. The van der Waals surface area contributed by atoms with Gasteiger partial charge in [0, 0.05) is 6.20 Å². The summed E-state index contributed by atoms with van der Waals surface area (Å²) in [6.07, 6.45) is 5.21. The van der Waals surface area contributed by atoms with Crippen LogP contribution in [-0.4, -0.2) is 9.97 Å². The van der Waals surface area contributed by atoms with E-state index in [4.69, 9.17) is 5.84 Å². The van der Waals surface area contributed by atoms with E-state index in [1.54, 1.807) is 6.20 Å². The minimum Gasteiger partial charge on any atom is -0.271 e. The Kier molecular flexibility index (Phi) is 4.19. The maximum Gasteiger partial charge on any atom is 0.115 e. The first-order valence-corrected chi connectivity index (χ1v) is 5.01. The van der Waals surface area contributed by atoms with E-state index >= 15 is 0 Å². The van der Waals surface area contributed by atoms with Gasteiger partial charge in [0.05, 0.1) is 16.2 Å². The van der Waals surface area contributed by atoms with Crippen LogP contribution in [0.5, 0.6) is 0 Å². The molecular weight excluding hydrogens is 244 g/mol. The van der Waals surface area contributed by atoms with Gasteiger partial charge in [0.25, 0.3) is 0 Å². The Morgan fingerprint density at radius 2 is 2.36 bits per heavy atom. The number of nitrogens with two attached hydrogens (primary N) is 1. The molecule has 5 heteroatoms. The molecule has 1 atom stereocenters. The van der Waals surface area contributed by atoms with Crippen molar-refractivity contribution in [3.8, 4) is 0 Å². The van der Waals surface area contributed by atoms with Crippen molar-refractivity contribution in [1.29, 1.82) is 0 Å². The number of hydrogen-bond donors (Lipinski definition) is 2. The molecule has 1 aromatic rings. The van der Waals surface area contributed by atoms with Gasteiger partial charge in [0.15, 0.2) is 0 Å². The fourth-order valence-electron chi connectivity index (χ4n) is 1.09. The number of allylic oxidation sites excluding steroid dienone is 1. The lowest BCUT2D eigenvalue weighted by Crippen LogP contribution is -2.27. The summed E-state index contributed by atoms with van der Waals surface area (Å²) in [7, 11) is 0. The van der Waals surface area contributed by atoms with E-state index in [-0.39, 0.29) is 6.04 Å². The van der Waals surface area contributed by atoms with Gasteiger partial charge in [0.2, 0.25) is 0 Å². The van der Waals surface area contributed by atoms with Crippen molar-refractivity contribution < 1.29 is 0 Å². The van der Waals surface area contributed by atoms with Crippen LogP contribution in [0.25, 0.3) is 0 Å². The molecule has 1 unspecified atom stereocenters. The average Bonchev–Trinajstić information content (AvgIpc) is 2.15. The molecule has 0 spiro atoms. The fourth-order valence-corrected chi connectivity index (χ4v) is 1.56. The van der Waals surface area contributed by atoms with E-state index < -0.39 is 0 Å². The summed E-state index contributed by atoms with van der Waals surface area (Å²) < 4.78 is 0.848. The number of aromatic nitrogens is 2. The number of hydrogen-bond acceptors (Lipinski definition) is 4. The minimum absolute atomic E-state index is 0.0858. The summed E-state index contributed by atoms with van der Waals surface area (Å²) >= 11 is 3.38. The molecule has 0 aliphatic carbocycles. The van der Waals surface area contributed by atoms with Crippen LogP contribution in [0.3, 0.4) is 0 Å². The highest BCUT2D eigenvalue weighted by molar-refractivity contribution is 9.10. The van der Waals surface area contributed by atoms with Crippen molar-refractivity contribution >= 4 is 15.9 Å². The number of nitrogens with zero attached hydrogens (tertiary/aromatic N) is 2. The molecule has 0 amide bonds. The Hall–Kier alpha value is -0.780. The molecule has 0 aliphatic heterocycles. The quantitative estimate of drug-likeness (QED) is 0.491. The molecule has 0 bridgehead atoms. The molecule has 4 nitrogen and oxygen atoms in total. The SMILES string of the molecule is CC(C)=CC(NN)c1ncncc1Br. The first-order valence-electron chi connectivity index (χ1n) is 4.21. The van der Waals surface area contributed by atoms with Gasteiger partial charge in [-0.3, -0.25) is 5.84 Å². The molecule has 0 saturated heterocycles. The predicted octanol–water partition coefficient (Wildman–Crippen LogP) is 1.71. The molecule has 0 radical (unpaired) electrons. The molecule has 0 aromatic carbocycles. The lowest BCUT2D eigenvalue weighted by Gasteiger charge is -2.12. The number of nitrogens with one attached hydrogen (secondary N) is 1. The van der Waals surface area contributed by atoms with E-state index in [2.05, 4.69) is 31.3 Å². The van der Waals surface area contributed by atoms with Gasteiger partial charge < -0.3 is 0 Å². The minimum atomic E-state index is -0.0858. The highest BCUT2D eigenvalue weighted by Gasteiger charge is 2.11. The maximum atomic E-state index is 5.45. The molecular formula is C9H13BrN4. The van der Waals surface area contributed by atoms with Crippen LogP contribution in [0, 0.1) is 0 Å². The number of halogens is 1. The number of hydrazine groups is 1. The summed E-state index contributed by atoms with van der Waals surface area (Å²) in [6.45, 7) is 4.03. The Bertz CT molecular complexity index is 333. The second-order valence-corrected chi connectivity index (χ2v) is 4.00. The van der Waals surface area contributed by atoms with E-state index in [1.165, 1.54) is 11.9 Å². The summed E-state index contributed by atoms with van der Waals surface area (Å²) in [6, 6.07) is -0.0858. The lowest BCUT2D eigenvalue weighted by atomic mass is 10.1. The highest BCUT2D eigenvalue weighted by Crippen LogP contribution is 2.20. The van der Waals surface area contributed by atoms with Crippen molar-refractivity contribution in [3.63, 3.8) is 0 Å². The zero-order chi connectivity index (χ0) is 10.6. The average molecular weight is 257 g/mol. The molecule has 14 heavy (non-hydrogen) atoms. The van der Waals surface area contributed by atoms with Crippen LogP contribution in [0.1, 0.15) is 25.6 Å². The Morgan fingerprint density at radius 1 is 1.64 bits per heavy atom. The van der Waals surface area contributed by atoms with Gasteiger partial charge in [-0.05, 0) is 29.8 Å². The number of rotatable bonds is 3. The Balaban J connectivity index is 3.01. The van der Waals surface area contributed by atoms with Crippen LogP contribution in [0.15, 0.2) is 28.6 Å². The molecule has 1 rings (SSSR count). The van der Waals surface area contributed by atoms with Crippen molar-refractivity contribution in [3.05, 3.63) is 34.3 Å². The monoisotopic (exact) mass is 256 g/mol. The largest absolute Gasteiger partial charge is 0.271 e. The van der Waals surface area contributed by atoms with Gasteiger partial charge >= 0.3 is 0 Å². The summed E-state index contributed by atoms with van der Waals surface area (Å²) in [5.41, 5.74) is 4.71. The topological polar surface area (TPSA) is 63.8 Å². The summed E-state index contributed by atoms with van der Waals surface area (Å²) in [4.78, 5) is 8.05. The first-order chi connectivity index (χ1) is 6.65. The van der Waals surface area contributed by atoms with E-state index in [0.717, 1.165) is 10.2 Å². The second-order valence-electron chi connectivity index (χ2n) is 3.14. The van der Waals surface area contributed by atoms with Crippen LogP contribution in [0.2, 0.25) is 0 Å². The van der Waals surface area contributed by atoms with E-state index in [9.17, 15) is 0 Å².